The fourth-order valence-electron chi connectivity index (χ4n) is 3.43. The van der Waals surface area contributed by atoms with Crippen LogP contribution in [-0.4, -0.2) is 59.0 Å². The number of carbonyl (C=O) groups is 2. The summed E-state index contributed by atoms with van der Waals surface area (Å²) in [6.45, 7) is 4.67. The molecule has 7 nitrogen and oxygen atoms in total. The first kappa shape index (κ1) is 16.8. The molecule has 0 unspecified atom stereocenters. The molecule has 3 atom stereocenters. The third-order valence-electron chi connectivity index (χ3n) is 4.86. The molecule has 1 N–H and O–H groups in total. The molecule has 0 radical (unpaired) electrons. The monoisotopic (exact) mass is 332 g/mol. The predicted octanol–water partition coefficient (Wildman–Crippen LogP) is 0.870. The van der Waals surface area contributed by atoms with Crippen LogP contribution in [0.3, 0.4) is 0 Å². The number of hydrogen-bond acceptors (Lipinski definition) is 5. The van der Waals surface area contributed by atoms with E-state index in [-0.39, 0.29) is 23.8 Å². The van der Waals surface area contributed by atoms with Crippen molar-refractivity contribution in [1.29, 1.82) is 0 Å². The number of carbonyl (C=O) groups excluding carboxylic acids is 2. The van der Waals surface area contributed by atoms with E-state index in [0.29, 0.717) is 37.7 Å². The molecule has 0 spiro atoms. The number of unbranched alkanes of at least 4 members (excludes halogenated alkanes) is 1. The normalized spacial score (nSPS) is 25.5. The van der Waals surface area contributed by atoms with Crippen molar-refractivity contribution in [2.24, 2.45) is 11.8 Å². The predicted molar refractivity (Wildman–Crippen MR) is 87.2 cm³/mol. The summed E-state index contributed by atoms with van der Waals surface area (Å²) in [4.78, 5) is 34.1. The number of ether oxygens (including phenoxy) is 1. The number of fused-ring (bicyclic) bond motifs is 1. The first-order valence-electron chi connectivity index (χ1n) is 8.62. The molecule has 2 aliphatic heterocycles. The summed E-state index contributed by atoms with van der Waals surface area (Å²) in [5, 5.41) is 2.91. The number of hydrogen-bond donors (Lipinski definition) is 1. The van der Waals surface area contributed by atoms with Gasteiger partial charge in [0.05, 0.1) is 18.9 Å². The van der Waals surface area contributed by atoms with Gasteiger partial charge in [-0.1, -0.05) is 13.3 Å². The lowest BCUT2D eigenvalue weighted by atomic mass is 9.93. The summed E-state index contributed by atoms with van der Waals surface area (Å²) >= 11 is 0. The second-order valence-electron chi connectivity index (χ2n) is 6.50. The Labute approximate surface area is 141 Å². The van der Waals surface area contributed by atoms with Crippen molar-refractivity contribution in [3.05, 3.63) is 24.3 Å². The number of likely N-dealkylation sites (tertiary alicyclic amines) is 1. The quantitative estimate of drug-likeness (QED) is 0.835. The van der Waals surface area contributed by atoms with Crippen molar-refractivity contribution < 1.29 is 14.3 Å². The molecule has 2 fully saturated rings. The minimum absolute atomic E-state index is 0.106. The Morgan fingerprint density at radius 2 is 2.25 bits per heavy atom. The smallest absolute Gasteiger partial charge is 0.271 e. The van der Waals surface area contributed by atoms with Crippen LogP contribution in [0.15, 0.2) is 18.6 Å². The Morgan fingerprint density at radius 3 is 3.00 bits per heavy atom. The zero-order valence-corrected chi connectivity index (χ0v) is 14.0. The van der Waals surface area contributed by atoms with Crippen LogP contribution in [-0.2, 0) is 9.53 Å². The maximum Gasteiger partial charge on any atom is 0.271 e. The number of rotatable bonds is 6. The maximum absolute atomic E-state index is 12.2. The largest absolute Gasteiger partial charge is 0.376 e. The molecule has 3 rings (SSSR count). The lowest BCUT2D eigenvalue weighted by molar-refractivity contribution is -0.131. The highest BCUT2D eigenvalue weighted by Crippen LogP contribution is 2.33. The lowest BCUT2D eigenvalue weighted by Gasteiger charge is -2.20. The second kappa shape index (κ2) is 7.70. The van der Waals surface area contributed by atoms with Gasteiger partial charge in [0.15, 0.2) is 0 Å². The molecule has 24 heavy (non-hydrogen) atoms. The Bertz CT molecular complexity index is 580. The lowest BCUT2D eigenvalue weighted by Crippen LogP contribution is -2.35. The number of amides is 2. The van der Waals surface area contributed by atoms with E-state index in [1.165, 1.54) is 18.6 Å². The van der Waals surface area contributed by atoms with Crippen LogP contribution in [0.5, 0.6) is 0 Å². The van der Waals surface area contributed by atoms with E-state index in [1.807, 2.05) is 4.90 Å². The average molecular weight is 332 g/mol. The van der Waals surface area contributed by atoms with Gasteiger partial charge in [-0.25, -0.2) is 4.98 Å². The molecular weight excluding hydrogens is 308 g/mol. The summed E-state index contributed by atoms with van der Waals surface area (Å²) in [7, 11) is 0. The highest BCUT2D eigenvalue weighted by atomic mass is 16.5. The first-order valence-corrected chi connectivity index (χ1v) is 8.62. The zero-order valence-electron chi connectivity index (χ0n) is 14.0. The zero-order chi connectivity index (χ0) is 16.9. The first-order chi connectivity index (χ1) is 11.7. The molecule has 1 aromatic rings. The Hall–Kier alpha value is -2.02. The van der Waals surface area contributed by atoms with Gasteiger partial charge < -0.3 is 15.0 Å². The molecule has 0 aromatic carbocycles. The SMILES string of the molecule is CCCCC(=O)N1C[C@@H]2[C@@H](CNC(=O)c3cnccn3)CO[C@@H]2C1. The third kappa shape index (κ3) is 3.72. The van der Waals surface area contributed by atoms with Crippen molar-refractivity contribution in [2.75, 3.05) is 26.2 Å². The van der Waals surface area contributed by atoms with E-state index in [9.17, 15) is 9.59 Å². The van der Waals surface area contributed by atoms with Crippen molar-refractivity contribution in [2.45, 2.75) is 32.3 Å². The maximum atomic E-state index is 12.2. The Balaban J connectivity index is 1.50. The van der Waals surface area contributed by atoms with E-state index in [2.05, 4.69) is 22.2 Å². The number of nitrogens with zero attached hydrogens (tertiary/aromatic N) is 3. The van der Waals surface area contributed by atoms with Crippen LogP contribution in [0.1, 0.15) is 36.7 Å². The van der Waals surface area contributed by atoms with Gasteiger partial charge in [0.2, 0.25) is 5.91 Å². The number of aromatic nitrogens is 2. The topological polar surface area (TPSA) is 84.4 Å². The van der Waals surface area contributed by atoms with Crippen LogP contribution in [0.25, 0.3) is 0 Å². The van der Waals surface area contributed by atoms with E-state index in [4.69, 9.17) is 4.74 Å². The molecule has 0 bridgehead atoms. The average Bonchev–Trinajstić information content (AvgIpc) is 3.19. The molecule has 2 saturated heterocycles. The molecule has 2 aliphatic rings. The highest BCUT2D eigenvalue weighted by Gasteiger charge is 2.44. The van der Waals surface area contributed by atoms with Gasteiger partial charge in [-0.3, -0.25) is 14.6 Å². The Kier molecular flexibility index (Phi) is 5.40. The summed E-state index contributed by atoms with van der Waals surface area (Å²) in [5.74, 6) is 0.537. The minimum atomic E-state index is -0.222. The molecular formula is C17H24N4O3. The van der Waals surface area contributed by atoms with Crippen LogP contribution >= 0.6 is 0 Å². The van der Waals surface area contributed by atoms with Gasteiger partial charge in [0.1, 0.15) is 5.69 Å². The highest BCUT2D eigenvalue weighted by molar-refractivity contribution is 5.91. The van der Waals surface area contributed by atoms with Gasteiger partial charge in [-0.2, -0.15) is 0 Å². The molecule has 0 saturated carbocycles. The van der Waals surface area contributed by atoms with Gasteiger partial charge in [-0.05, 0) is 6.42 Å². The molecule has 1 aromatic heterocycles. The van der Waals surface area contributed by atoms with Crippen molar-refractivity contribution in [1.82, 2.24) is 20.2 Å². The molecule has 0 aliphatic carbocycles. The van der Waals surface area contributed by atoms with Crippen LogP contribution < -0.4 is 5.32 Å². The molecule has 7 heteroatoms. The van der Waals surface area contributed by atoms with Crippen LogP contribution in [0, 0.1) is 11.8 Å². The summed E-state index contributed by atoms with van der Waals surface area (Å²) in [6, 6.07) is 0. The van der Waals surface area contributed by atoms with Crippen LogP contribution in [0.2, 0.25) is 0 Å². The molecule has 2 amide bonds. The molecule has 3 heterocycles. The summed E-state index contributed by atoms with van der Waals surface area (Å²) < 4.78 is 5.84. The van der Waals surface area contributed by atoms with E-state index < -0.39 is 0 Å². The van der Waals surface area contributed by atoms with E-state index >= 15 is 0 Å². The fraction of sp³-hybridized carbons (Fsp3) is 0.647. The van der Waals surface area contributed by atoms with Crippen LogP contribution in [0.4, 0.5) is 0 Å². The van der Waals surface area contributed by atoms with Crippen molar-refractivity contribution >= 4 is 11.8 Å². The van der Waals surface area contributed by atoms with Gasteiger partial charge >= 0.3 is 0 Å². The van der Waals surface area contributed by atoms with E-state index in [0.717, 1.165) is 19.4 Å². The van der Waals surface area contributed by atoms with Crippen molar-refractivity contribution in [3.8, 4) is 0 Å². The van der Waals surface area contributed by atoms with Gasteiger partial charge in [-0.15, -0.1) is 0 Å². The minimum Gasteiger partial charge on any atom is -0.376 e. The number of nitrogens with one attached hydrogen (secondary N) is 1. The third-order valence-corrected chi connectivity index (χ3v) is 4.86. The Morgan fingerprint density at radius 1 is 1.38 bits per heavy atom. The van der Waals surface area contributed by atoms with Crippen molar-refractivity contribution in [3.63, 3.8) is 0 Å². The second-order valence-corrected chi connectivity index (χ2v) is 6.50. The summed E-state index contributed by atoms with van der Waals surface area (Å²) in [6.07, 6.45) is 7.17. The van der Waals surface area contributed by atoms with Gasteiger partial charge in [0, 0.05) is 50.3 Å². The fourth-order valence-corrected chi connectivity index (χ4v) is 3.43. The van der Waals surface area contributed by atoms with E-state index in [1.54, 1.807) is 0 Å². The summed E-state index contributed by atoms with van der Waals surface area (Å²) in [5.41, 5.74) is 0.316. The van der Waals surface area contributed by atoms with Gasteiger partial charge in [0.25, 0.3) is 5.91 Å². The molecule has 130 valence electrons. The standard InChI is InChI=1S/C17H24N4O3/c1-2-3-4-16(22)21-9-13-12(11-24-15(13)10-21)7-20-17(23)14-8-18-5-6-19-14/h5-6,8,12-13,15H,2-4,7,9-11H2,1H3,(H,20,23)/t12-,13+,15+/m0/s1.